The normalized spacial score (nSPS) is 9.86. The van der Waals surface area contributed by atoms with Gasteiger partial charge in [-0.3, -0.25) is 10.0 Å². The Hall–Kier alpha value is -2.88. The largest absolute Gasteiger partial charge is 0.288 e. The third-order valence-corrected chi connectivity index (χ3v) is 3.61. The zero-order chi connectivity index (χ0) is 15.4. The summed E-state index contributed by atoms with van der Waals surface area (Å²) in [4.78, 5) is 11.8. The Morgan fingerprint density at radius 3 is 2.73 bits per heavy atom. The second-order valence-electron chi connectivity index (χ2n) is 4.37. The van der Waals surface area contributed by atoms with Crippen LogP contribution in [0.2, 0.25) is 0 Å². The van der Waals surface area contributed by atoms with E-state index in [1.165, 1.54) is 0 Å². The standard InChI is InChI=1S/C16H11N3O2S/c20-16(18-21)14-10-19(13-4-2-1-3-5-13)17-15(14)7-6-12-8-9-22-11-12/h1-5,8-11,21H,(H,18,20). The molecule has 108 valence electrons. The van der Waals surface area contributed by atoms with Crippen molar-refractivity contribution in [3.8, 4) is 17.5 Å². The van der Waals surface area contributed by atoms with Gasteiger partial charge in [-0.25, -0.2) is 10.2 Å². The van der Waals surface area contributed by atoms with Gasteiger partial charge in [0.25, 0.3) is 5.91 Å². The van der Waals surface area contributed by atoms with Crippen LogP contribution in [-0.2, 0) is 0 Å². The Morgan fingerprint density at radius 2 is 2.05 bits per heavy atom. The first-order chi connectivity index (χ1) is 10.8. The summed E-state index contributed by atoms with van der Waals surface area (Å²) in [5.41, 5.74) is 3.81. The number of hydrogen-bond acceptors (Lipinski definition) is 4. The Bertz CT molecular complexity index is 843. The SMILES string of the molecule is O=C(NO)c1cn(-c2ccccc2)nc1C#Cc1ccsc1. The van der Waals surface area contributed by atoms with E-state index in [0.717, 1.165) is 11.3 Å². The third kappa shape index (κ3) is 2.91. The summed E-state index contributed by atoms with van der Waals surface area (Å²) in [6.45, 7) is 0. The molecule has 0 radical (unpaired) electrons. The summed E-state index contributed by atoms with van der Waals surface area (Å²) in [7, 11) is 0. The van der Waals surface area contributed by atoms with Crippen LogP contribution in [0.1, 0.15) is 21.6 Å². The van der Waals surface area contributed by atoms with Gasteiger partial charge >= 0.3 is 0 Å². The van der Waals surface area contributed by atoms with Crippen LogP contribution in [0.3, 0.4) is 0 Å². The van der Waals surface area contributed by atoms with Crippen molar-refractivity contribution < 1.29 is 10.0 Å². The highest BCUT2D eigenvalue weighted by Crippen LogP contribution is 2.12. The maximum absolute atomic E-state index is 11.8. The lowest BCUT2D eigenvalue weighted by molar-refractivity contribution is 0.0706. The zero-order valence-electron chi connectivity index (χ0n) is 11.4. The Balaban J connectivity index is 2.04. The van der Waals surface area contributed by atoms with Gasteiger partial charge in [-0.1, -0.05) is 24.1 Å². The Kier molecular flexibility index (Phi) is 4.01. The van der Waals surface area contributed by atoms with Gasteiger partial charge in [0.05, 0.1) is 11.3 Å². The smallest absolute Gasteiger partial charge is 0.279 e. The molecule has 0 atom stereocenters. The van der Waals surface area contributed by atoms with E-state index in [1.807, 2.05) is 47.2 Å². The molecule has 0 saturated heterocycles. The fraction of sp³-hybridized carbons (Fsp3) is 0. The van der Waals surface area contributed by atoms with Gasteiger partial charge in [-0.05, 0) is 29.5 Å². The molecular weight excluding hydrogens is 298 g/mol. The fourth-order valence-electron chi connectivity index (χ4n) is 1.87. The number of hydroxylamine groups is 1. The number of thiophene rings is 1. The average molecular weight is 309 g/mol. The first-order valence-corrected chi connectivity index (χ1v) is 7.36. The van der Waals surface area contributed by atoms with Crippen LogP contribution in [0, 0.1) is 11.8 Å². The second kappa shape index (κ2) is 6.26. The molecule has 0 aliphatic carbocycles. The van der Waals surface area contributed by atoms with E-state index in [4.69, 9.17) is 5.21 Å². The summed E-state index contributed by atoms with van der Waals surface area (Å²) >= 11 is 1.54. The van der Waals surface area contributed by atoms with Gasteiger partial charge in [0, 0.05) is 17.1 Å². The number of amides is 1. The van der Waals surface area contributed by atoms with Crippen molar-refractivity contribution in [2.24, 2.45) is 0 Å². The van der Waals surface area contributed by atoms with Gasteiger partial charge in [-0.15, -0.1) is 0 Å². The summed E-state index contributed by atoms with van der Waals surface area (Å²) in [6, 6.07) is 11.3. The van der Waals surface area contributed by atoms with Crippen molar-refractivity contribution in [3.05, 3.63) is 70.2 Å². The lowest BCUT2D eigenvalue weighted by Crippen LogP contribution is -2.19. The van der Waals surface area contributed by atoms with Gasteiger partial charge in [0.15, 0.2) is 0 Å². The number of carbonyl (C=O) groups is 1. The fourth-order valence-corrected chi connectivity index (χ4v) is 2.46. The number of nitrogens with one attached hydrogen (secondary N) is 1. The van der Waals surface area contributed by atoms with Crippen molar-refractivity contribution in [2.45, 2.75) is 0 Å². The summed E-state index contributed by atoms with van der Waals surface area (Å²) in [5.74, 6) is 5.18. The Labute approximate surface area is 130 Å². The van der Waals surface area contributed by atoms with Gasteiger partial charge in [0.2, 0.25) is 0 Å². The number of aromatic nitrogens is 2. The quantitative estimate of drug-likeness (QED) is 0.434. The van der Waals surface area contributed by atoms with E-state index in [9.17, 15) is 4.79 Å². The lowest BCUT2D eigenvalue weighted by Gasteiger charge is -1.98. The molecule has 0 aliphatic rings. The van der Waals surface area contributed by atoms with Gasteiger partial charge in [-0.2, -0.15) is 16.4 Å². The molecule has 1 aromatic carbocycles. The number of para-hydroxylation sites is 1. The Morgan fingerprint density at radius 1 is 1.23 bits per heavy atom. The molecule has 6 heteroatoms. The first-order valence-electron chi connectivity index (χ1n) is 6.41. The maximum Gasteiger partial charge on any atom is 0.279 e. The number of carbonyl (C=O) groups excluding carboxylic acids is 1. The van der Waals surface area contributed by atoms with Crippen molar-refractivity contribution in [3.63, 3.8) is 0 Å². The monoisotopic (exact) mass is 309 g/mol. The molecule has 3 aromatic rings. The molecule has 2 aromatic heterocycles. The summed E-state index contributed by atoms with van der Waals surface area (Å²) < 4.78 is 1.56. The minimum absolute atomic E-state index is 0.217. The van der Waals surface area contributed by atoms with Gasteiger partial charge < -0.3 is 0 Å². The van der Waals surface area contributed by atoms with Crippen molar-refractivity contribution >= 4 is 17.2 Å². The molecule has 0 unspecified atom stereocenters. The molecule has 1 amide bonds. The highest BCUT2D eigenvalue weighted by atomic mass is 32.1. The van der Waals surface area contributed by atoms with E-state index in [0.29, 0.717) is 5.69 Å². The van der Waals surface area contributed by atoms with Crippen molar-refractivity contribution in [1.82, 2.24) is 15.3 Å². The van der Waals surface area contributed by atoms with Crippen LogP contribution < -0.4 is 5.48 Å². The molecule has 5 nitrogen and oxygen atoms in total. The molecule has 0 aliphatic heterocycles. The topological polar surface area (TPSA) is 67.2 Å². The molecule has 0 spiro atoms. The van der Waals surface area contributed by atoms with Crippen molar-refractivity contribution in [1.29, 1.82) is 0 Å². The number of benzene rings is 1. The van der Waals surface area contributed by atoms with Crippen LogP contribution in [0.4, 0.5) is 0 Å². The lowest BCUT2D eigenvalue weighted by atomic mass is 10.2. The van der Waals surface area contributed by atoms with E-state index >= 15 is 0 Å². The molecule has 0 saturated carbocycles. The number of rotatable bonds is 2. The minimum Gasteiger partial charge on any atom is -0.288 e. The van der Waals surface area contributed by atoms with Crippen LogP contribution in [0.25, 0.3) is 5.69 Å². The highest BCUT2D eigenvalue weighted by Gasteiger charge is 2.15. The van der Waals surface area contributed by atoms with Crippen LogP contribution in [0.15, 0.2) is 53.4 Å². The van der Waals surface area contributed by atoms with E-state index in [1.54, 1.807) is 27.7 Å². The van der Waals surface area contributed by atoms with Crippen molar-refractivity contribution in [2.75, 3.05) is 0 Å². The second-order valence-corrected chi connectivity index (χ2v) is 5.15. The van der Waals surface area contributed by atoms with E-state index in [-0.39, 0.29) is 5.56 Å². The minimum atomic E-state index is -0.642. The highest BCUT2D eigenvalue weighted by molar-refractivity contribution is 7.08. The zero-order valence-corrected chi connectivity index (χ0v) is 12.2. The molecule has 0 fully saturated rings. The van der Waals surface area contributed by atoms with Crippen LogP contribution in [-0.4, -0.2) is 20.9 Å². The maximum atomic E-state index is 11.8. The molecular formula is C16H11N3O2S. The average Bonchev–Trinajstić information content (AvgIpc) is 3.22. The van der Waals surface area contributed by atoms with Gasteiger partial charge in [0.1, 0.15) is 5.69 Å². The summed E-state index contributed by atoms with van der Waals surface area (Å²) in [5, 5.41) is 17.0. The predicted molar refractivity (Wildman–Crippen MR) is 83.1 cm³/mol. The molecule has 2 N–H and O–H groups in total. The molecule has 2 heterocycles. The number of nitrogens with zero attached hydrogens (tertiary/aromatic N) is 2. The molecule has 22 heavy (non-hydrogen) atoms. The van der Waals surface area contributed by atoms with E-state index in [2.05, 4.69) is 16.9 Å². The molecule has 0 bridgehead atoms. The third-order valence-electron chi connectivity index (χ3n) is 2.93. The van der Waals surface area contributed by atoms with Crippen LogP contribution >= 0.6 is 11.3 Å². The predicted octanol–water partition coefficient (Wildman–Crippen LogP) is 2.45. The number of hydrogen-bond donors (Lipinski definition) is 2. The summed E-state index contributed by atoms with van der Waals surface area (Å²) in [6.07, 6.45) is 1.54. The first kappa shape index (κ1) is 14.1. The van der Waals surface area contributed by atoms with E-state index < -0.39 is 5.91 Å². The van der Waals surface area contributed by atoms with Crippen LogP contribution in [0.5, 0.6) is 0 Å². The molecule has 3 rings (SSSR count).